The first kappa shape index (κ1) is 24.5. The first-order valence-electron chi connectivity index (χ1n) is 10.1. The van der Waals surface area contributed by atoms with Gasteiger partial charge in [-0.2, -0.15) is 17.9 Å². The summed E-state index contributed by atoms with van der Waals surface area (Å²) in [6.07, 6.45) is -3.07. The van der Waals surface area contributed by atoms with Gasteiger partial charge in [0.2, 0.25) is 5.91 Å². The Morgan fingerprint density at radius 1 is 1.16 bits per heavy atom. The minimum atomic E-state index is -4.45. The lowest BCUT2D eigenvalue weighted by molar-refractivity contribution is -0.138. The van der Waals surface area contributed by atoms with Crippen LogP contribution in [0.2, 0.25) is 0 Å². The van der Waals surface area contributed by atoms with Gasteiger partial charge in [-0.1, -0.05) is 19.9 Å². The third kappa shape index (κ3) is 5.78. The fourth-order valence-electron chi connectivity index (χ4n) is 3.42. The molecule has 0 aliphatic carbocycles. The van der Waals surface area contributed by atoms with Gasteiger partial charge in [0.05, 0.1) is 5.56 Å². The van der Waals surface area contributed by atoms with Crippen LogP contribution in [-0.4, -0.2) is 56.4 Å². The number of amides is 1. The van der Waals surface area contributed by atoms with Crippen LogP contribution in [0.15, 0.2) is 40.1 Å². The van der Waals surface area contributed by atoms with E-state index in [1.165, 1.54) is 12.1 Å². The smallest absolute Gasteiger partial charge is 0.355 e. The third-order valence-electron chi connectivity index (χ3n) is 5.18. The molecule has 0 radical (unpaired) electrons. The number of hydrogen-bond acceptors (Lipinski definition) is 6. The van der Waals surface area contributed by atoms with Crippen molar-refractivity contribution >= 4 is 33.1 Å². The summed E-state index contributed by atoms with van der Waals surface area (Å²) >= 11 is 1.08. The number of nitrogens with zero attached hydrogens (tertiary/aromatic N) is 3. The highest BCUT2D eigenvalue weighted by Gasteiger charge is 2.33. The predicted molar refractivity (Wildman–Crippen MR) is 116 cm³/mol. The molecule has 3 rings (SSSR count). The highest BCUT2D eigenvalue weighted by Crippen LogP contribution is 2.29. The van der Waals surface area contributed by atoms with Crippen LogP contribution >= 0.6 is 11.3 Å². The van der Waals surface area contributed by atoms with Gasteiger partial charge in [-0.05, 0) is 35.9 Å². The molecular formula is C20H25F3N4O3S2. The Balaban J connectivity index is 1.68. The molecule has 0 spiro atoms. The molecule has 2 aromatic heterocycles. The van der Waals surface area contributed by atoms with Crippen molar-refractivity contribution in [1.29, 1.82) is 0 Å². The molecule has 1 saturated heterocycles. The highest BCUT2D eigenvalue weighted by atomic mass is 32.2. The summed E-state index contributed by atoms with van der Waals surface area (Å²) in [7, 11) is -3.82. The molecule has 1 aliphatic rings. The van der Waals surface area contributed by atoms with Crippen LogP contribution in [0.5, 0.6) is 0 Å². The molecule has 1 amide bonds. The van der Waals surface area contributed by atoms with Crippen LogP contribution in [0.3, 0.4) is 0 Å². The standard InChI is InChI=1S/C20H25F3N4O3S2/c1-14(2)18(25-32(29,30)17-5-3-12-31-17)19(28)27-9-4-8-26(10-11-27)16-7-6-15(13-24-16)20(21,22)23/h3,5-7,12-14,18,25H,4,8-11H2,1-2H3. The Morgan fingerprint density at radius 2 is 1.91 bits per heavy atom. The molecule has 1 unspecified atom stereocenters. The van der Waals surface area contributed by atoms with E-state index in [1.54, 1.807) is 30.2 Å². The van der Waals surface area contributed by atoms with Crippen molar-refractivity contribution in [2.75, 3.05) is 31.1 Å². The second kappa shape index (κ2) is 9.75. The lowest BCUT2D eigenvalue weighted by Crippen LogP contribution is -2.51. The highest BCUT2D eigenvalue weighted by molar-refractivity contribution is 7.91. The van der Waals surface area contributed by atoms with Gasteiger partial charge in [0, 0.05) is 32.4 Å². The van der Waals surface area contributed by atoms with E-state index in [0.29, 0.717) is 38.4 Å². The monoisotopic (exact) mass is 490 g/mol. The van der Waals surface area contributed by atoms with Crippen LogP contribution in [0, 0.1) is 5.92 Å². The van der Waals surface area contributed by atoms with E-state index in [-0.39, 0.29) is 16.0 Å². The van der Waals surface area contributed by atoms with Crippen molar-refractivity contribution in [3.8, 4) is 0 Å². The molecule has 1 N–H and O–H groups in total. The normalized spacial score (nSPS) is 16.8. The molecule has 1 fully saturated rings. The van der Waals surface area contributed by atoms with Crippen LogP contribution < -0.4 is 9.62 Å². The van der Waals surface area contributed by atoms with Gasteiger partial charge in [-0.25, -0.2) is 13.4 Å². The minimum Gasteiger partial charge on any atom is -0.355 e. The molecule has 12 heteroatoms. The van der Waals surface area contributed by atoms with Gasteiger partial charge >= 0.3 is 6.18 Å². The van der Waals surface area contributed by atoms with Gasteiger partial charge in [0.25, 0.3) is 10.0 Å². The number of nitrogens with one attached hydrogen (secondary N) is 1. The molecule has 1 aliphatic heterocycles. The molecule has 0 aromatic carbocycles. The summed E-state index contributed by atoms with van der Waals surface area (Å²) in [5.41, 5.74) is -0.814. The quantitative estimate of drug-likeness (QED) is 0.673. The number of aromatic nitrogens is 1. The van der Waals surface area contributed by atoms with Gasteiger partial charge in [0.15, 0.2) is 0 Å². The molecule has 32 heavy (non-hydrogen) atoms. The Labute approximate surface area is 189 Å². The number of halogens is 3. The number of carbonyl (C=O) groups excluding carboxylic acids is 1. The van der Waals surface area contributed by atoms with Crippen LogP contribution in [-0.2, 0) is 21.0 Å². The summed E-state index contributed by atoms with van der Waals surface area (Å²) in [5.74, 6) is -0.179. The van der Waals surface area contributed by atoms with Crippen molar-refractivity contribution in [1.82, 2.24) is 14.6 Å². The summed E-state index contributed by atoms with van der Waals surface area (Å²) in [6.45, 7) is 5.18. The van der Waals surface area contributed by atoms with Crippen LogP contribution in [0.4, 0.5) is 19.0 Å². The number of rotatable bonds is 6. The van der Waals surface area contributed by atoms with Crippen molar-refractivity contribution in [2.45, 2.75) is 36.7 Å². The zero-order chi connectivity index (χ0) is 23.5. The summed E-state index contributed by atoms with van der Waals surface area (Å²) in [5, 5.41) is 1.65. The summed E-state index contributed by atoms with van der Waals surface area (Å²) in [6, 6.07) is 4.51. The minimum absolute atomic E-state index is 0.145. The fourth-order valence-corrected chi connectivity index (χ4v) is 5.76. The summed E-state index contributed by atoms with van der Waals surface area (Å²) in [4.78, 5) is 20.5. The zero-order valence-corrected chi connectivity index (χ0v) is 19.3. The molecule has 0 saturated carbocycles. The number of hydrogen-bond donors (Lipinski definition) is 1. The van der Waals surface area contributed by atoms with Crippen molar-refractivity contribution < 1.29 is 26.4 Å². The molecule has 2 aromatic rings. The fraction of sp³-hybridized carbons (Fsp3) is 0.500. The first-order valence-corrected chi connectivity index (χ1v) is 12.5. The Kier molecular flexibility index (Phi) is 7.46. The summed E-state index contributed by atoms with van der Waals surface area (Å²) < 4.78 is 66.2. The van der Waals surface area contributed by atoms with E-state index < -0.39 is 27.8 Å². The van der Waals surface area contributed by atoms with Gasteiger partial charge in [0.1, 0.15) is 16.1 Å². The molecule has 1 atom stereocenters. The van der Waals surface area contributed by atoms with Crippen LogP contribution in [0.1, 0.15) is 25.8 Å². The molecule has 176 valence electrons. The Hall–Kier alpha value is -2.18. The Bertz CT molecular complexity index is 1010. The number of alkyl halides is 3. The van der Waals surface area contributed by atoms with Crippen molar-refractivity contribution in [2.24, 2.45) is 5.92 Å². The third-order valence-corrected chi connectivity index (χ3v) is 8.02. The van der Waals surface area contributed by atoms with E-state index >= 15 is 0 Å². The van der Waals surface area contributed by atoms with Crippen molar-refractivity contribution in [3.05, 3.63) is 41.4 Å². The van der Waals surface area contributed by atoms with E-state index in [0.717, 1.165) is 23.6 Å². The maximum atomic E-state index is 13.2. The van der Waals surface area contributed by atoms with E-state index in [9.17, 15) is 26.4 Å². The second-order valence-corrected chi connectivity index (χ2v) is 10.7. The SMILES string of the molecule is CC(C)C(NS(=O)(=O)c1cccs1)C(=O)N1CCCN(c2ccc(C(F)(F)F)cn2)CC1. The Morgan fingerprint density at radius 3 is 2.47 bits per heavy atom. The average Bonchev–Trinajstić information content (AvgIpc) is 3.17. The van der Waals surface area contributed by atoms with E-state index in [2.05, 4.69) is 9.71 Å². The predicted octanol–water partition coefficient (Wildman–Crippen LogP) is 3.20. The maximum absolute atomic E-state index is 13.2. The topological polar surface area (TPSA) is 82.6 Å². The van der Waals surface area contributed by atoms with Crippen molar-refractivity contribution in [3.63, 3.8) is 0 Å². The van der Waals surface area contributed by atoms with E-state index in [4.69, 9.17) is 0 Å². The number of anilines is 1. The lowest BCUT2D eigenvalue weighted by Gasteiger charge is -2.29. The number of sulfonamides is 1. The van der Waals surface area contributed by atoms with Crippen LogP contribution in [0.25, 0.3) is 0 Å². The van der Waals surface area contributed by atoms with Gasteiger partial charge < -0.3 is 9.80 Å². The molecular weight excluding hydrogens is 465 g/mol. The zero-order valence-electron chi connectivity index (χ0n) is 17.7. The first-order chi connectivity index (χ1) is 15.0. The molecule has 3 heterocycles. The average molecular weight is 491 g/mol. The van der Waals surface area contributed by atoms with Gasteiger partial charge in [-0.15, -0.1) is 11.3 Å². The largest absolute Gasteiger partial charge is 0.417 e. The van der Waals surface area contributed by atoms with Gasteiger partial charge in [-0.3, -0.25) is 4.79 Å². The number of carbonyl (C=O) groups is 1. The van der Waals surface area contributed by atoms with E-state index in [1.807, 2.05) is 4.90 Å². The lowest BCUT2D eigenvalue weighted by atomic mass is 10.0. The number of pyridine rings is 1. The maximum Gasteiger partial charge on any atom is 0.417 e. The molecule has 0 bridgehead atoms. The number of thiophene rings is 1. The molecule has 7 nitrogen and oxygen atoms in total. The second-order valence-electron chi connectivity index (χ2n) is 7.84.